The number of benzene rings is 1. The molecule has 1 aromatic carbocycles. The predicted molar refractivity (Wildman–Crippen MR) is 79.8 cm³/mol. The number of nitrogens with one attached hydrogen (secondary N) is 1. The lowest BCUT2D eigenvalue weighted by atomic mass is 10.1. The zero-order chi connectivity index (χ0) is 14.7. The molecule has 4 heteroatoms. The molecule has 0 fully saturated rings. The normalized spacial score (nSPS) is 12.6. The van der Waals surface area contributed by atoms with Crippen molar-refractivity contribution in [2.75, 3.05) is 6.61 Å². The highest BCUT2D eigenvalue weighted by Crippen LogP contribution is 2.24. The van der Waals surface area contributed by atoms with Crippen LogP contribution in [0.4, 0.5) is 0 Å². The first-order valence-corrected chi connectivity index (χ1v) is 6.83. The molecule has 0 heterocycles. The quantitative estimate of drug-likeness (QED) is 0.871. The lowest BCUT2D eigenvalue weighted by Gasteiger charge is -2.23. The standard InChI is InChI=1S/C15H24ClNO2/c1-14(2,3)17-9-11-8-12(16)6-7-13(11)19-10-15(4,5)18/h6-8,17-18H,9-10H2,1-5H3. The third kappa shape index (κ3) is 6.81. The molecule has 2 N–H and O–H groups in total. The van der Waals surface area contributed by atoms with E-state index in [9.17, 15) is 5.11 Å². The molecule has 0 spiro atoms. The molecule has 0 aromatic heterocycles. The Kier molecular flexibility index (Phi) is 5.25. The van der Waals surface area contributed by atoms with E-state index in [4.69, 9.17) is 16.3 Å². The van der Waals surface area contributed by atoms with E-state index in [1.54, 1.807) is 19.9 Å². The largest absolute Gasteiger partial charge is 0.490 e. The fourth-order valence-electron chi connectivity index (χ4n) is 1.44. The summed E-state index contributed by atoms with van der Waals surface area (Å²) in [7, 11) is 0. The van der Waals surface area contributed by atoms with Gasteiger partial charge in [0.25, 0.3) is 0 Å². The molecule has 0 saturated heterocycles. The van der Waals surface area contributed by atoms with Gasteiger partial charge in [-0.05, 0) is 52.8 Å². The summed E-state index contributed by atoms with van der Waals surface area (Å²) in [6.07, 6.45) is 0. The average molecular weight is 286 g/mol. The lowest BCUT2D eigenvalue weighted by molar-refractivity contribution is 0.0281. The third-order valence-corrected chi connectivity index (χ3v) is 2.65. The second kappa shape index (κ2) is 6.12. The zero-order valence-electron chi connectivity index (χ0n) is 12.4. The second-order valence-electron chi connectivity index (χ2n) is 6.46. The number of hydrogen-bond acceptors (Lipinski definition) is 3. The number of ether oxygens (including phenoxy) is 1. The summed E-state index contributed by atoms with van der Waals surface area (Å²) in [5, 5.41) is 13.8. The molecule has 1 rings (SSSR count). The summed E-state index contributed by atoms with van der Waals surface area (Å²) in [5.41, 5.74) is 0.163. The molecule has 0 atom stereocenters. The second-order valence-corrected chi connectivity index (χ2v) is 6.89. The summed E-state index contributed by atoms with van der Waals surface area (Å²) in [5.74, 6) is 0.753. The van der Waals surface area contributed by atoms with Crippen LogP contribution < -0.4 is 10.1 Å². The van der Waals surface area contributed by atoms with Crippen molar-refractivity contribution in [2.24, 2.45) is 0 Å². The maximum Gasteiger partial charge on any atom is 0.124 e. The fourth-order valence-corrected chi connectivity index (χ4v) is 1.64. The first-order valence-electron chi connectivity index (χ1n) is 6.45. The van der Waals surface area contributed by atoms with Gasteiger partial charge in [-0.1, -0.05) is 11.6 Å². The van der Waals surface area contributed by atoms with Crippen molar-refractivity contribution >= 4 is 11.6 Å². The van der Waals surface area contributed by atoms with Gasteiger partial charge in [-0.3, -0.25) is 0 Å². The Hall–Kier alpha value is -0.770. The molecule has 0 bridgehead atoms. The van der Waals surface area contributed by atoms with E-state index < -0.39 is 5.60 Å². The Morgan fingerprint density at radius 3 is 2.37 bits per heavy atom. The van der Waals surface area contributed by atoms with Gasteiger partial charge in [0.2, 0.25) is 0 Å². The van der Waals surface area contributed by atoms with Crippen molar-refractivity contribution in [3.8, 4) is 5.75 Å². The summed E-state index contributed by atoms with van der Waals surface area (Å²) in [6.45, 7) is 10.7. The van der Waals surface area contributed by atoms with E-state index in [0.717, 1.165) is 11.3 Å². The zero-order valence-corrected chi connectivity index (χ0v) is 13.1. The Morgan fingerprint density at radius 2 is 1.84 bits per heavy atom. The Bertz CT molecular complexity index is 419. The van der Waals surface area contributed by atoms with Gasteiger partial charge in [-0.2, -0.15) is 0 Å². The highest BCUT2D eigenvalue weighted by Gasteiger charge is 2.16. The van der Waals surface area contributed by atoms with Crippen LogP contribution in [0.5, 0.6) is 5.75 Å². The molecular weight excluding hydrogens is 262 g/mol. The fraction of sp³-hybridized carbons (Fsp3) is 0.600. The van der Waals surface area contributed by atoms with Crippen LogP contribution in [0.1, 0.15) is 40.2 Å². The highest BCUT2D eigenvalue weighted by atomic mass is 35.5. The van der Waals surface area contributed by atoms with Crippen LogP contribution in [-0.4, -0.2) is 22.9 Å². The molecule has 3 nitrogen and oxygen atoms in total. The topological polar surface area (TPSA) is 41.5 Å². The maximum atomic E-state index is 9.72. The number of aliphatic hydroxyl groups is 1. The van der Waals surface area contributed by atoms with Gasteiger partial charge in [-0.25, -0.2) is 0 Å². The molecule has 0 radical (unpaired) electrons. The molecule has 0 aliphatic rings. The van der Waals surface area contributed by atoms with Gasteiger partial charge in [0.15, 0.2) is 0 Å². The van der Waals surface area contributed by atoms with Crippen LogP contribution in [0.15, 0.2) is 18.2 Å². The van der Waals surface area contributed by atoms with Crippen LogP contribution in [0.25, 0.3) is 0 Å². The molecule has 19 heavy (non-hydrogen) atoms. The van der Waals surface area contributed by atoms with Gasteiger partial charge in [0.05, 0.1) is 5.60 Å². The monoisotopic (exact) mass is 285 g/mol. The summed E-state index contributed by atoms with van der Waals surface area (Å²) >= 11 is 6.02. The minimum atomic E-state index is -0.853. The van der Waals surface area contributed by atoms with E-state index >= 15 is 0 Å². The minimum absolute atomic E-state index is 0.0236. The predicted octanol–water partition coefficient (Wildman–Crippen LogP) is 3.38. The van der Waals surface area contributed by atoms with Gasteiger partial charge >= 0.3 is 0 Å². The van der Waals surface area contributed by atoms with E-state index in [1.165, 1.54) is 0 Å². The first-order chi connectivity index (χ1) is 8.57. The average Bonchev–Trinajstić information content (AvgIpc) is 2.22. The molecule has 0 saturated carbocycles. The van der Waals surface area contributed by atoms with Gasteiger partial charge < -0.3 is 15.2 Å². The number of rotatable bonds is 5. The summed E-state index contributed by atoms with van der Waals surface area (Å²) < 4.78 is 5.67. The van der Waals surface area contributed by atoms with Gasteiger partial charge in [-0.15, -0.1) is 0 Å². The lowest BCUT2D eigenvalue weighted by Crippen LogP contribution is -2.35. The van der Waals surface area contributed by atoms with Gasteiger partial charge in [0, 0.05) is 22.7 Å². The Labute approximate surface area is 120 Å². The smallest absolute Gasteiger partial charge is 0.124 e. The molecule has 0 amide bonds. The first kappa shape index (κ1) is 16.3. The van der Waals surface area contributed by atoms with Crippen molar-refractivity contribution in [1.82, 2.24) is 5.32 Å². The molecular formula is C15H24ClNO2. The minimum Gasteiger partial charge on any atom is -0.490 e. The van der Waals surface area contributed by atoms with Crippen molar-refractivity contribution in [3.63, 3.8) is 0 Å². The van der Waals surface area contributed by atoms with E-state index in [1.807, 2.05) is 12.1 Å². The van der Waals surface area contributed by atoms with Gasteiger partial charge in [0.1, 0.15) is 12.4 Å². The van der Waals surface area contributed by atoms with Crippen LogP contribution in [-0.2, 0) is 6.54 Å². The molecule has 0 unspecified atom stereocenters. The third-order valence-electron chi connectivity index (χ3n) is 2.41. The number of halogens is 1. The van der Waals surface area contributed by atoms with E-state index in [0.29, 0.717) is 11.6 Å². The van der Waals surface area contributed by atoms with Crippen LogP contribution in [0.2, 0.25) is 5.02 Å². The SMILES string of the molecule is CC(C)(O)COc1ccc(Cl)cc1CNC(C)(C)C. The van der Waals surface area contributed by atoms with Crippen molar-refractivity contribution in [1.29, 1.82) is 0 Å². The molecule has 1 aromatic rings. The molecule has 108 valence electrons. The van der Waals surface area contributed by atoms with Crippen LogP contribution >= 0.6 is 11.6 Å². The summed E-state index contributed by atoms with van der Waals surface area (Å²) in [6, 6.07) is 5.52. The van der Waals surface area contributed by atoms with Crippen LogP contribution in [0.3, 0.4) is 0 Å². The van der Waals surface area contributed by atoms with Crippen molar-refractivity contribution < 1.29 is 9.84 Å². The van der Waals surface area contributed by atoms with E-state index in [2.05, 4.69) is 26.1 Å². The Morgan fingerprint density at radius 1 is 1.21 bits per heavy atom. The Balaban J connectivity index is 2.80. The maximum absolute atomic E-state index is 9.72. The molecule has 0 aliphatic carbocycles. The van der Waals surface area contributed by atoms with Crippen molar-refractivity contribution in [3.05, 3.63) is 28.8 Å². The van der Waals surface area contributed by atoms with Crippen molar-refractivity contribution in [2.45, 2.75) is 52.3 Å². The van der Waals surface area contributed by atoms with E-state index in [-0.39, 0.29) is 12.1 Å². The highest BCUT2D eigenvalue weighted by molar-refractivity contribution is 6.30. The van der Waals surface area contributed by atoms with Crippen LogP contribution in [0, 0.1) is 0 Å². The number of hydrogen-bond donors (Lipinski definition) is 2. The molecule has 0 aliphatic heterocycles. The summed E-state index contributed by atoms with van der Waals surface area (Å²) in [4.78, 5) is 0.